The van der Waals surface area contributed by atoms with E-state index in [0.29, 0.717) is 15.8 Å². The smallest absolute Gasteiger partial charge is 0.264 e. The van der Waals surface area contributed by atoms with Crippen molar-refractivity contribution in [2.75, 3.05) is 10.5 Å². The van der Waals surface area contributed by atoms with Crippen LogP contribution < -0.4 is 10.5 Å². The lowest BCUT2D eigenvalue weighted by Crippen LogP contribution is -2.15. The Hall–Kier alpha value is -2.11. The number of nitrogens with zero attached hydrogens (tertiary/aromatic N) is 2. The highest BCUT2D eigenvalue weighted by Crippen LogP contribution is 2.25. The molecule has 0 saturated heterocycles. The van der Waals surface area contributed by atoms with E-state index in [1.54, 1.807) is 12.1 Å². The molecule has 0 unspecified atom stereocenters. The average Bonchev–Trinajstić information content (AvgIpc) is 2.42. The maximum Gasteiger partial charge on any atom is 0.264 e. The first kappa shape index (κ1) is 14.3. The molecule has 2 aromatic rings. The number of benzene rings is 1. The molecular formula is C12H9BrN4O2S. The van der Waals surface area contributed by atoms with E-state index in [1.165, 1.54) is 30.5 Å². The van der Waals surface area contributed by atoms with Crippen LogP contribution in [0.2, 0.25) is 0 Å². The number of pyridine rings is 1. The summed E-state index contributed by atoms with van der Waals surface area (Å²) in [6.45, 7) is 0. The molecule has 2 rings (SSSR count). The third-order valence-corrected chi connectivity index (χ3v) is 4.52. The molecule has 0 bridgehead atoms. The number of nitrogens with one attached hydrogen (secondary N) is 1. The lowest BCUT2D eigenvalue weighted by molar-refractivity contribution is 0.600. The van der Waals surface area contributed by atoms with Crippen LogP contribution in [-0.4, -0.2) is 13.4 Å². The summed E-state index contributed by atoms with van der Waals surface area (Å²) in [5, 5.41) is 8.90. The zero-order chi connectivity index (χ0) is 14.8. The van der Waals surface area contributed by atoms with Crippen LogP contribution in [0.3, 0.4) is 0 Å². The highest BCUT2D eigenvalue weighted by Gasteiger charge is 2.19. The lowest BCUT2D eigenvalue weighted by Gasteiger charge is -2.09. The minimum absolute atomic E-state index is 0.158. The van der Waals surface area contributed by atoms with Gasteiger partial charge < -0.3 is 5.73 Å². The third-order valence-electron chi connectivity index (χ3n) is 2.42. The van der Waals surface area contributed by atoms with Gasteiger partial charge >= 0.3 is 0 Å². The molecule has 1 aromatic carbocycles. The molecule has 1 heterocycles. The van der Waals surface area contributed by atoms with Crippen molar-refractivity contribution in [1.29, 1.82) is 5.26 Å². The van der Waals surface area contributed by atoms with E-state index in [0.717, 1.165) is 0 Å². The van der Waals surface area contributed by atoms with Crippen molar-refractivity contribution in [3.63, 3.8) is 0 Å². The van der Waals surface area contributed by atoms with E-state index >= 15 is 0 Å². The molecule has 0 spiro atoms. The molecule has 6 nitrogen and oxygen atoms in total. The van der Waals surface area contributed by atoms with Gasteiger partial charge in [0.1, 0.15) is 11.0 Å². The van der Waals surface area contributed by atoms with Gasteiger partial charge in [0.25, 0.3) is 10.0 Å². The van der Waals surface area contributed by atoms with Crippen LogP contribution in [0, 0.1) is 11.3 Å². The first-order chi connectivity index (χ1) is 9.44. The van der Waals surface area contributed by atoms with Gasteiger partial charge in [0.05, 0.1) is 5.69 Å². The van der Waals surface area contributed by atoms with Gasteiger partial charge in [-0.15, -0.1) is 0 Å². The predicted molar refractivity (Wildman–Crippen MR) is 78.3 cm³/mol. The summed E-state index contributed by atoms with van der Waals surface area (Å²) in [7, 11) is -3.88. The van der Waals surface area contributed by atoms with Gasteiger partial charge in [0.2, 0.25) is 0 Å². The molecule has 8 heteroatoms. The van der Waals surface area contributed by atoms with Crippen molar-refractivity contribution >= 4 is 37.3 Å². The summed E-state index contributed by atoms with van der Waals surface area (Å²) in [5.74, 6) is 0. The average molecular weight is 353 g/mol. The molecule has 1 aromatic heterocycles. The minimum Gasteiger partial charge on any atom is -0.398 e. The Labute approximate surface area is 124 Å². The SMILES string of the molecule is N#Cc1ncccc1S(=O)(=O)Nc1ccc(N)c(Br)c1. The fourth-order valence-corrected chi connectivity index (χ4v) is 3.03. The van der Waals surface area contributed by atoms with E-state index in [2.05, 4.69) is 25.6 Å². The molecule has 0 fully saturated rings. The lowest BCUT2D eigenvalue weighted by atomic mass is 10.3. The zero-order valence-electron chi connectivity index (χ0n) is 10.0. The van der Waals surface area contributed by atoms with E-state index in [4.69, 9.17) is 11.0 Å². The monoisotopic (exact) mass is 352 g/mol. The number of aromatic nitrogens is 1. The van der Waals surface area contributed by atoms with Gasteiger partial charge in [-0.05, 0) is 46.3 Å². The number of halogens is 1. The molecule has 0 aliphatic carbocycles. The topological polar surface area (TPSA) is 109 Å². The Morgan fingerprint density at radius 1 is 1.35 bits per heavy atom. The summed E-state index contributed by atoms with van der Waals surface area (Å²) in [4.78, 5) is 3.56. The second-order valence-electron chi connectivity index (χ2n) is 3.80. The summed E-state index contributed by atoms with van der Waals surface area (Å²) < 4.78 is 27.4. The van der Waals surface area contributed by atoms with Crippen LogP contribution in [0.4, 0.5) is 11.4 Å². The van der Waals surface area contributed by atoms with Crippen LogP contribution in [0.15, 0.2) is 45.9 Å². The summed E-state index contributed by atoms with van der Waals surface area (Å²) in [5.41, 5.74) is 6.30. The van der Waals surface area contributed by atoms with Crippen molar-refractivity contribution in [2.24, 2.45) is 0 Å². The van der Waals surface area contributed by atoms with E-state index in [9.17, 15) is 8.42 Å². The predicted octanol–water partition coefficient (Wildman–Crippen LogP) is 2.10. The van der Waals surface area contributed by atoms with Crippen LogP contribution in [0.5, 0.6) is 0 Å². The van der Waals surface area contributed by atoms with Gasteiger partial charge in [0.15, 0.2) is 5.69 Å². The minimum atomic E-state index is -3.88. The quantitative estimate of drug-likeness (QED) is 0.822. The summed E-state index contributed by atoms with van der Waals surface area (Å²) in [6.07, 6.45) is 1.36. The van der Waals surface area contributed by atoms with Crippen LogP contribution in [-0.2, 0) is 10.0 Å². The van der Waals surface area contributed by atoms with Crippen molar-refractivity contribution in [1.82, 2.24) is 4.98 Å². The van der Waals surface area contributed by atoms with E-state index < -0.39 is 10.0 Å². The molecule has 0 aliphatic heterocycles. The van der Waals surface area contributed by atoms with Gasteiger partial charge in [0, 0.05) is 16.4 Å². The number of nitrogens with two attached hydrogens (primary N) is 1. The highest BCUT2D eigenvalue weighted by molar-refractivity contribution is 9.10. The number of nitrogen functional groups attached to an aromatic ring is 1. The van der Waals surface area contributed by atoms with E-state index in [1.807, 2.05) is 0 Å². The first-order valence-corrected chi connectivity index (χ1v) is 7.64. The van der Waals surface area contributed by atoms with Gasteiger partial charge in [-0.1, -0.05) is 0 Å². The van der Waals surface area contributed by atoms with Crippen LogP contribution in [0.25, 0.3) is 0 Å². The normalized spacial score (nSPS) is 10.8. The standard InChI is InChI=1S/C12H9BrN4O2S/c13-9-6-8(3-4-10(9)15)17-20(18,19)12-2-1-5-16-11(12)7-14/h1-6,17H,15H2. The number of hydrogen-bond donors (Lipinski definition) is 2. The van der Waals surface area contributed by atoms with Crippen molar-refractivity contribution in [3.8, 4) is 6.07 Å². The molecule has 3 N–H and O–H groups in total. The Morgan fingerprint density at radius 3 is 2.75 bits per heavy atom. The number of rotatable bonds is 3. The van der Waals surface area contributed by atoms with Crippen molar-refractivity contribution < 1.29 is 8.42 Å². The third kappa shape index (κ3) is 2.89. The first-order valence-electron chi connectivity index (χ1n) is 5.37. The highest BCUT2D eigenvalue weighted by atomic mass is 79.9. The molecule has 0 atom stereocenters. The van der Waals surface area contributed by atoms with Crippen molar-refractivity contribution in [3.05, 3.63) is 46.7 Å². The van der Waals surface area contributed by atoms with Crippen LogP contribution in [0.1, 0.15) is 5.69 Å². The second kappa shape index (κ2) is 5.48. The number of sulfonamides is 1. The number of hydrogen-bond acceptors (Lipinski definition) is 5. The Kier molecular flexibility index (Phi) is 3.92. The van der Waals surface area contributed by atoms with Gasteiger partial charge in [-0.2, -0.15) is 5.26 Å². The molecule has 20 heavy (non-hydrogen) atoms. The molecular weight excluding hydrogens is 344 g/mol. The maximum atomic E-state index is 12.2. The van der Waals surface area contributed by atoms with Crippen molar-refractivity contribution in [2.45, 2.75) is 4.90 Å². The van der Waals surface area contributed by atoms with E-state index in [-0.39, 0.29) is 10.6 Å². The summed E-state index contributed by atoms with van der Waals surface area (Å²) in [6, 6.07) is 9.15. The molecule has 0 aliphatic rings. The zero-order valence-corrected chi connectivity index (χ0v) is 12.4. The number of anilines is 2. The molecule has 102 valence electrons. The van der Waals surface area contributed by atoms with Crippen LogP contribution >= 0.6 is 15.9 Å². The fraction of sp³-hybridized carbons (Fsp3) is 0. The largest absolute Gasteiger partial charge is 0.398 e. The summed E-state index contributed by atoms with van der Waals surface area (Å²) >= 11 is 3.21. The molecule has 0 amide bonds. The Bertz CT molecular complexity index is 799. The molecule has 0 radical (unpaired) electrons. The fourth-order valence-electron chi connectivity index (χ4n) is 1.49. The Balaban J connectivity index is 2.41. The van der Waals surface area contributed by atoms with Gasteiger partial charge in [-0.3, -0.25) is 4.72 Å². The number of nitriles is 1. The van der Waals surface area contributed by atoms with Gasteiger partial charge in [-0.25, -0.2) is 13.4 Å². The maximum absolute atomic E-state index is 12.2. The Morgan fingerprint density at radius 2 is 2.10 bits per heavy atom. The second-order valence-corrected chi connectivity index (χ2v) is 6.31. The molecule has 0 saturated carbocycles.